The number of aliphatic hydroxyl groups is 1. The zero-order valence-electron chi connectivity index (χ0n) is 12.1. The van der Waals surface area contributed by atoms with Crippen molar-refractivity contribution in [2.24, 2.45) is 0 Å². The minimum atomic E-state index is -3.40. The fourth-order valence-electron chi connectivity index (χ4n) is 1.98. The maximum Gasteiger partial charge on any atom is 0.218 e. The smallest absolute Gasteiger partial charge is 0.218 e. The number of hydrogen-bond donors (Lipinski definition) is 1. The number of aliphatic hydroxyl groups excluding tert-OH is 1. The Hall–Kier alpha value is -1.63. The minimum Gasteiger partial charge on any atom is -0.469 e. The Kier molecular flexibility index (Phi) is 4.82. The largest absolute Gasteiger partial charge is 0.469 e. The Labute approximate surface area is 124 Å². The molecule has 0 radical (unpaired) electrons. The fourth-order valence-corrected chi connectivity index (χ4v) is 3.15. The highest BCUT2D eigenvalue weighted by Gasteiger charge is 2.20. The van der Waals surface area contributed by atoms with Crippen LogP contribution in [0.4, 0.5) is 0 Å². The Morgan fingerprint density at radius 1 is 1.14 bits per heavy atom. The molecule has 5 nitrogen and oxygen atoms in total. The van der Waals surface area contributed by atoms with Crippen molar-refractivity contribution < 1.29 is 17.9 Å². The second-order valence-electron chi connectivity index (χ2n) is 4.99. The Balaban J connectivity index is 2.08. The molecule has 0 unspecified atom stereocenters. The summed E-state index contributed by atoms with van der Waals surface area (Å²) in [5.41, 5.74) is 2.32. The summed E-state index contributed by atoms with van der Waals surface area (Å²) in [6.45, 7) is 2.05. The van der Waals surface area contributed by atoms with Gasteiger partial charge in [0, 0.05) is 19.2 Å². The van der Waals surface area contributed by atoms with Crippen molar-refractivity contribution in [2.45, 2.75) is 25.8 Å². The molecule has 2 aromatic rings. The summed E-state index contributed by atoms with van der Waals surface area (Å²) in [6, 6.07) is 8.67. The van der Waals surface area contributed by atoms with Crippen LogP contribution >= 0.6 is 0 Å². The Morgan fingerprint density at radius 2 is 1.76 bits per heavy atom. The van der Waals surface area contributed by atoms with Crippen molar-refractivity contribution in [1.29, 1.82) is 0 Å². The van der Waals surface area contributed by atoms with Gasteiger partial charge in [-0.25, -0.2) is 12.7 Å². The molecule has 2 rings (SSSR count). The number of rotatable bonds is 6. The highest BCUT2D eigenvalue weighted by molar-refractivity contribution is 7.88. The first-order valence-corrected chi connectivity index (χ1v) is 8.19. The summed E-state index contributed by atoms with van der Waals surface area (Å²) < 4.78 is 31.2. The molecule has 1 aromatic heterocycles. The van der Waals surface area contributed by atoms with Gasteiger partial charge in [0.05, 0.1) is 18.6 Å². The summed E-state index contributed by atoms with van der Waals surface area (Å²) in [5, 5.41) is 8.98. The third-order valence-electron chi connectivity index (χ3n) is 3.39. The van der Waals surface area contributed by atoms with Gasteiger partial charge in [-0.1, -0.05) is 24.3 Å². The van der Waals surface area contributed by atoms with E-state index in [9.17, 15) is 8.42 Å². The predicted octanol–water partition coefficient (Wildman–Crippen LogP) is 2.04. The second-order valence-corrected chi connectivity index (χ2v) is 7.06. The van der Waals surface area contributed by atoms with Gasteiger partial charge in [0.1, 0.15) is 5.76 Å². The van der Waals surface area contributed by atoms with Gasteiger partial charge in [-0.15, -0.1) is 0 Å². The van der Waals surface area contributed by atoms with Gasteiger partial charge in [-0.2, -0.15) is 0 Å². The van der Waals surface area contributed by atoms with Crippen LogP contribution in [0.25, 0.3) is 0 Å². The average Bonchev–Trinajstić information content (AvgIpc) is 2.85. The van der Waals surface area contributed by atoms with Crippen LogP contribution < -0.4 is 0 Å². The molecular formula is C15H19NO4S. The number of nitrogens with zero attached hydrogens (tertiary/aromatic N) is 1. The number of benzene rings is 1. The molecule has 21 heavy (non-hydrogen) atoms. The van der Waals surface area contributed by atoms with Crippen LogP contribution in [0.2, 0.25) is 0 Å². The molecule has 0 fully saturated rings. The predicted molar refractivity (Wildman–Crippen MR) is 79.9 cm³/mol. The van der Waals surface area contributed by atoms with Crippen molar-refractivity contribution in [3.63, 3.8) is 0 Å². The van der Waals surface area contributed by atoms with E-state index in [-0.39, 0.29) is 12.4 Å². The molecule has 0 aliphatic carbocycles. The fraction of sp³-hybridized carbons (Fsp3) is 0.333. The van der Waals surface area contributed by atoms with Crippen LogP contribution in [0.3, 0.4) is 0 Å². The van der Waals surface area contributed by atoms with Gasteiger partial charge < -0.3 is 9.52 Å². The molecule has 1 heterocycles. The lowest BCUT2D eigenvalue weighted by molar-refractivity contribution is 0.282. The molecule has 0 saturated heterocycles. The van der Waals surface area contributed by atoms with Crippen LogP contribution in [-0.2, 0) is 28.9 Å². The topological polar surface area (TPSA) is 70.8 Å². The molecule has 6 heteroatoms. The van der Waals surface area contributed by atoms with Gasteiger partial charge in [0.2, 0.25) is 10.0 Å². The average molecular weight is 309 g/mol. The first-order chi connectivity index (χ1) is 9.92. The van der Waals surface area contributed by atoms with Crippen LogP contribution in [0, 0.1) is 6.92 Å². The van der Waals surface area contributed by atoms with E-state index < -0.39 is 10.0 Å². The van der Waals surface area contributed by atoms with Crippen LogP contribution in [0.1, 0.15) is 22.5 Å². The van der Waals surface area contributed by atoms with Gasteiger partial charge in [-0.05, 0) is 24.1 Å². The summed E-state index contributed by atoms with van der Waals surface area (Å²) in [6.07, 6.45) is 1.55. The molecule has 0 amide bonds. The van der Waals surface area contributed by atoms with E-state index in [2.05, 4.69) is 0 Å². The Bertz CT molecular complexity index is 689. The molecular weight excluding hydrogens is 290 g/mol. The van der Waals surface area contributed by atoms with E-state index in [4.69, 9.17) is 9.52 Å². The van der Waals surface area contributed by atoms with Crippen molar-refractivity contribution >= 4 is 10.0 Å². The summed E-state index contributed by atoms with van der Waals surface area (Å²) in [7, 11) is -1.84. The summed E-state index contributed by atoms with van der Waals surface area (Å²) in [5.74, 6) is 0.663. The second kappa shape index (κ2) is 6.43. The highest BCUT2D eigenvalue weighted by atomic mass is 32.2. The number of furan rings is 1. The lowest BCUT2D eigenvalue weighted by atomic mass is 10.2. The monoisotopic (exact) mass is 309 g/mol. The normalized spacial score (nSPS) is 12.0. The molecule has 114 valence electrons. The first-order valence-electron chi connectivity index (χ1n) is 6.58. The van der Waals surface area contributed by atoms with E-state index >= 15 is 0 Å². The third kappa shape index (κ3) is 3.93. The zero-order valence-corrected chi connectivity index (χ0v) is 12.9. The molecule has 1 aromatic carbocycles. The van der Waals surface area contributed by atoms with E-state index in [1.165, 1.54) is 4.31 Å². The van der Waals surface area contributed by atoms with Gasteiger partial charge in [0.25, 0.3) is 0 Å². The van der Waals surface area contributed by atoms with Crippen molar-refractivity contribution in [1.82, 2.24) is 4.31 Å². The maximum absolute atomic E-state index is 12.3. The highest BCUT2D eigenvalue weighted by Crippen LogP contribution is 2.16. The molecule has 0 spiro atoms. The Morgan fingerprint density at radius 3 is 2.29 bits per heavy atom. The zero-order chi connectivity index (χ0) is 15.5. The quantitative estimate of drug-likeness (QED) is 0.886. The van der Waals surface area contributed by atoms with Crippen molar-refractivity contribution in [3.8, 4) is 0 Å². The molecule has 0 atom stereocenters. The van der Waals surface area contributed by atoms with Gasteiger partial charge >= 0.3 is 0 Å². The van der Waals surface area contributed by atoms with Gasteiger partial charge in [0.15, 0.2) is 0 Å². The molecule has 0 bridgehead atoms. The van der Waals surface area contributed by atoms with Crippen LogP contribution in [-0.4, -0.2) is 24.9 Å². The first kappa shape index (κ1) is 15.8. The number of sulfonamides is 1. The lowest BCUT2D eigenvalue weighted by Crippen LogP contribution is -2.27. The number of hydrogen-bond acceptors (Lipinski definition) is 4. The lowest BCUT2D eigenvalue weighted by Gasteiger charge is -2.17. The minimum absolute atomic E-state index is 0.0489. The van der Waals surface area contributed by atoms with E-state index in [1.807, 2.05) is 6.92 Å². The van der Waals surface area contributed by atoms with Crippen molar-refractivity contribution in [3.05, 3.63) is 59.0 Å². The molecule has 0 aliphatic rings. The third-order valence-corrected chi connectivity index (χ3v) is 5.17. The standard InChI is InChI=1S/C15H19NO4S/c1-12-15(7-8-20-12)9-16(2)21(18,19)11-14-5-3-13(10-17)4-6-14/h3-8,17H,9-11H2,1-2H3. The van der Waals surface area contributed by atoms with E-state index in [0.717, 1.165) is 16.9 Å². The van der Waals surface area contributed by atoms with Crippen LogP contribution in [0.15, 0.2) is 41.0 Å². The molecule has 0 aliphatic heterocycles. The summed E-state index contributed by atoms with van der Waals surface area (Å²) in [4.78, 5) is 0. The van der Waals surface area contributed by atoms with Gasteiger partial charge in [-0.3, -0.25) is 0 Å². The SMILES string of the molecule is Cc1occc1CN(C)S(=O)(=O)Cc1ccc(CO)cc1. The summed E-state index contributed by atoms with van der Waals surface area (Å²) >= 11 is 0. The van der Waals surface area contributed by atoms with Crippen molar-refractivity contribution in [2.75, 3.05) is 7.05 Å². The number of aryl methyl sites for hydroxylation is 1. The maximum atomic E-state index is 12.3. The van der Waals surface area contributed by atoms with E-state index in [0.29, 0.717) is 12.1 Å². The van der Waals surface area contributed by atoms with E-state index in [1.54, 1.807) is 43.6 Å². The molecule has 1 N–H and O–H groups in total. The van der Waals surface area contributed by atoms with Crippen LogP contribution in [0.5, 0.6) is 0 Å². The molecule has 0 saturated carbocycles.